The highest BCUT2D eigenvalue weighted by molar-refractivity contribution is 8.65. The summed E-state index contributed by atoms with van der Waals surface area (Å²) in [4.78, 5) is -0.0853. The first kappa shape index (κ1) is 20.8. The second kappa shape index (κ2) is 7.26. The first-order valence-electron chi connectivity index (χ1n) is 6.07. The van der Waals surface area contributed by atoms with E-state index in [1.807, 2.05) is 0 Å². The molecular formula is C13H5Cl5F4N2S. The van der Waals surface area contributed by atoms with Gasteiger partial charge in [0.25, 0.3) is 0 Å². The van der Waals surface area contributed by atoms with E-state index in [9.17, 15) is 22.8 Å². The van der Waals surface area contributed by atoms with Crippen LogP contribution >= 0.6 is 64.6 Å². The molecule has 1 aromatic carbocycles. The minimum absolute atomic E-state index is 0.0853. The van der Waals surface area contributed by atoms with Gasteiger partial charge in [-0.25, -0.2) is 4.39 Å². The summed E-state index contributed by atoms with van der Waals surface area (Å²) in [5.41, 5.74) is -1.40. The van der Waals surface area contributed by atoms with Gasteiger partial charge in [0.15, 0.2) is 0 Å². The lowest BCUT2D eigenvalue weighted by Crippen LogP contribution is -2.06. The van der Waals surface area contributed by atoms with Gasteiger partial charge in [0, 0.05) is 6.20 Å². The van der Waals surface area contributed by atoms with E-state index in [0.717, 1.165) is 10.8 Å². The highest BCUT2D eigenvalue weighted by Crippen LogP contribution is 2.67. The van der Waals surface area contributed by atoms with Crippen molar-refractivity contribution in [3.05, 3.63) is 44.7 Å². The fourth-order valence-electron chi connectivity index (χ4n) is 1.97. The zero-order valence-corrected chi connectivity index (χ0v) is 16.2. The van der Waals surface area contributed by atoms with E-state index < -0.39 is 26.2 Å². The summed E-state index contributed by atoms with van der Waals surface area (Å²) in [5.74, 6) is 0. The zero-order chi connectivity index (χ0) is 19.2. The van der Waals surface area contributed by atoms with Gasteiger partial charge in [-0.1, -0.05) is 34.8 Å². The molecule has 12 heteroatoms. The van der Waals surface area contributed by atoms with Gasteiger partial charge in [-0.2, -0.15) is 18.4 Å². The van der Waals surface area contributed by atoms with Crippen molar-refractivity contribution >= 4 is 64.6 Å². The quantitative estimate of drug-likeness (QED) is 0.419. The Labute approximate surface area is 165 Å². The molecule has 0 aliphatic heterocycles. The van der Waals surface area contributed by atoms with E-state index in [2.05, 4.69) is 0 Å². The van der Waals surface area contributed by atoms with Crippen molar-refractivity contribution in [3.8, 4) is 11.8 Å². The molecule has 0 saturated heterocycles. The average molecular weight is 475 g/mol. The fraction of sp³-hybridized carbons (Fsp3) is 0.154. The van der Waals surface area contributed by atoms with Gasteiger partial charge in [0.05, 0.1) is 26.2 Å². The Kier molecular flexibility index (Phi) is 6.04. The fourth-order valence-corrected chi connectivity index (χ4v) is 4.49. The Morgan fingerprint density at radius 3 is 2.04 bits per heavy atom. The first-order chi connectivity index (χ1) is 11.4. The monoisotopic (exact) mass is 472 g/mol. The summed E-state index contributed by atoms with van der Waals surface area (Å²) in [6.07, 6.45) is -3.52. The van der Waals surface area contributed by atoms with Gasteiger partial charge in [-0.3, -0.25) is 0 Å². The van der Waals surface area contributed by atoms with Crippen LogP contribution in [0.1, 0.15) is 11.1 Å². The second-order valence-corrected chi connectivity index (χ2v) is 11.2. The van der Waals surface area contributed by atoms with Gasteiger partial charge < -0.3 is 4.57 Å². The summed E-state index contributed by atoms with van der Waals surface area (Å²) < 4.78 is 52.6. The molecule has 2 aromatic rings. The van der Waals surface area contributed by atoms with Crippen LogP contribution in [0.2, 0.25) is 15.2 Å². The highest BCUT2D eigenvalue weighted by Gasteiger charge is 2.34. The van der Waals surface area contributed by atoms with E-state index in [-0.39, 0.29) is 31.3 Å². The van der Waals surface area contributed by atoms with Crippen molar-refractivity contribution in [3.63, 3.8) is 0 Å². The van der Waals surface area contributed by atoms with E-state index >= 15 is 0 Å². The maximum atomic E-state index is 13.1. The van der Waals surface area contributed by atoms with Crippen LogP contribution in [0.15, 0.2) is 23.2 Å². The molecule has 0 amide bonds. The summed E-state index contributed by atoms with van der Waals surface area (Å²) in [6, 6.07) is 1.89. The maximum Gasteiger partial charge on any atom is 0.416 e. The van der Waals surface area contributed by atoms with Crippen molar-refractivity contribution in [1.82, 2.24) is 4.57 Å². The minimum atomic E-state index is -4.66. The molecule has 1 heterocycles. The van der Waals surface area contributed by atoms with Crippen LogP contribution in [0.3, 0.4) is 0 Å². The lowest BCUT2D eigenvalue weighted by atomic mass is 10.2. The normalized spacial score (nSPS) is 13.0. The number of alkyl halides is 4. The zero-order valence-electron chi connectivity index (χ0n) is 11.6. The molecule has 25 heavy (non-hydrogen) atoms. The Morgan fingerprint density at radius 1 is 1.12 bits per heavy atom. The Hall–Kier alpha value is -0.490. The SMILES string of the molecule is N#Cc1c(S(Cl)(Cl)CF)cn(-c2c(Cl)cc(C(F)(F)F)cc2Cl)c1Cl. The van der Waals surface area contributed by atoms with Crippen LogP contribution in [0.5, 0.6) is 0 Å². The van der Waals surface area contributed by atoms with Gasteiger partial charge in [-0.15, -0.1) is 0 Å². The Morgan fingerprint density at radius 2 is 1.64 bits per heavy atom. The van der Waals surface area contributed by atoms with Gasteiger partial charge in [-0.05, 0) is 42.0 Å². The summed E-state index contributed by atoms with van der Waals surface area (Å²) in [7, 11) is 8.78. The third-order valence-corrected chi connectivity index (χ3v) is 6.73. The van der Waals surface area contributed by atoms with Crippen molar-refractivity contribution in [2.45, 2.75) is 11.1 Å². The standard InChI is InChI=1S/C13H5Cl5F4N2S/c14-8-1-6(13(20,21)22)2-9(15)11(8)24-4-10(25(17,18)5-19)7(3-23)12(24)16/h1-2,4H,5H2. The van der Waals surface area contributed by atoms with Crippen LogP contribution in [0.4, 0.5) is 17.6 Å². The Bertz CT molecular complexity index is 850. The van der Waals surface area contributed by atoms with Gasteiger partial charge in [0.1, 0.15) is 22.8 Å². The molecule has 136 valence electrons. The topological polar surface area (TPSA) is 28.7 Å². The average Bonchev–Trinajstić information content (AvgIpc) is 2.83. The molecule has 0 aliphatic carbocycles. The van der Waals surface area contributed by atoms with Crippen molar-refractivity contribution < 1.29 is 17.6 Å². The van der Waals surface area contributed by atoms with Crippen molar-refractivity contribution in [2.75, 3.05) is 6.01 Å². The lowest BCUT2D eigenvalue weighted by molar-refractivity contribution is -0.137. The summed E-state index contributed by atoms with van der Waals surface area (Å²) in [6.45, 7) is 0. The maximum absolute atomic E-state index is 13.1. The predicted molar refractivity (Wildman–Crippen MR) is 94.1 cm³/mol. The predicted octanol–water partition coefficient (Wildman–Crippen LogP) is 7.73. The Balaban J connectivity index is 2.75. The summed E-state index contributed by atoms with van der Waals surface area (Å²) in [5, 5.41) is 8.21. The molecule has 0 atom stereocenters. The van der Waals surface area contributed by atoms with Crippen molar-refractivity contribution in [1.29, 1.82) is 5.26 Å². The van der Waals surface area contributed by atoms with Crippen LogP contribution in [0, 0.1) is 11.3 Å². The minimum Gasteiger partial charge on any atom is -0.302 e. The molecule has 0 aliphatic rings. The molecule has 0 unspecified atom stereocenters. The number of hydrogen-bond acceptors (Lipinski definition) is 1. The number of benzene rings is 1. The molecule has 0 fully saturated rings. The molecule has 2 rings (SSSR count). The van der Waals surface area contributed by atoms with Crippen molar-refractivity contribution in [2.24, 2.45) is 0 Å². The number of nitriles is 1. The van der Waals surface area contributed by atoms with E-state index in [4.69, 9.17) is 56.2 Å². The number of rotatable bonds is 3. The lowest BCUT2D eigenvalue weighted by Gasteiger charge is -2.19. The number of halogens is 9. The first-order valence-corrected chi connectivity index (χ1v) is 10.7. The molecule has 2 nitrogen and oxygen atoms in total. The van der Waals surface area contributed by atoms with Crippen LogP contribution in [-0.4, -0.2) is 10.6 Å². The highest BCUT2D eigenvalue weighted by atomic mass is 36.0. The van der Waals surface area contributed by atoms with Crippen LogP contribution in [-0.2, 0) is 6.18 Å². The molecule has 0 radical (unpaired) electrons. The summed E-state index contributed by atoms with van der Waals surface area (Å²) >= 11 is 17.9. The second-order valence-electron chi connectivity index (χ2n) is 4.61. The number of nitrogens with zero attached hydrogens (tertiary/aromatic N) is 2. The van der Waals surface area contributed by atoms with Crippen LogP contribution in [0.25, 0.3) is 5.69 Å². The third-order valence-electron chi connectivity index (χ3n) is 3.07. The molecule has 0 saturated carbocycles. The largest absolute Gasteiger partial charge is 0.416 e. The van der Waals surface area contributed by atoms with E-state index in [1.165, 1.54) is 0 Å². The smallest absolute Gasteiger partial charge is 0.302 e. The number of hydrogen-bond donors (Lipinski definition) is 0. The number of aromatic nitrogens is 1. The molecule has 1 aromatic heterocycles. The van der Waals surface area contributed by atoms with Gasteiger partial charge in [0.2, 0.25) is 0 Å². The van der Waals surface area contributed by atoms with E-state index in [1.54, 1.807) is 6.07 Å². The molecule has 0 N–H and O–H groups in total. The molecule has 0 bridgehead atoms. The van der Waals surface area contributed by atoms with Crippen LogP contribution < -0.4 is 0 Å². The molecule has 0 spiro atoms. The van der Waals surface area contributed by atoms with Gasteiger partial charge >= 0.3 is 6.18 Å². The molecular weight excluding hydrogens is 469 g/mol. The third kappa shape index (κ3) is 3.95. The van der Waals surface area contributed by atoms with E-state index in [0.29, 0.717) is 12.1 Å².